The number of hydrogen-bond donors (Lipinski definition) is 1. The molecule has 0 aliphatic rings. The molecule has 0 aliphatic carbocycles. The van der Waals surface area contributed by atoms with Crippen LogP contribution in [0, 0.1) is 13.8 Å². The van der Waals surface area contributed by atoms with Crippen LogP contribution in [-0.2, 0) is 32.6 Å². The Morgan fingerprint density at radius 2 is 1.46 bits per heavy atom. The second kappa shape index (κ2) is 15.4. The Hall–Kier alpha value is -3.56. The normalized spacial score (nSPS) is 12.1. The minimum Gasteiger partial charge on any atom is -0.352 e. The van der Waals surface area contributed by atoms with Gasteiger partial charge in [0.15, 0.2) is 0 Å². The van der Waals surface area contributed by atoms with Gasteiger partial charge in [0, 0.05) is 24.0 Å². The number of carbonyl (C=O) groups excluding carboxylic acids is 2. The van der Waals surface area contributed by atoms with Gasteiger partial charge in [-0.3, -0.25) is 13.9 Å². The minimum absolute atomic E-state index is 0.0273. The second-order valence-electron chi connectivity index (χ2n) is 11.4. The molecule has 0 heterocycles. The van der Waals surface area contributed by atoms with Crippen molar-refractivity contribution in [1.82, 2.24) is 10.2 Å². The summed E-state index contributed by atoms with van der Waals surface area (Å²) < 4.78 is 29.4. The SMILES string of the molecule is Cc1ccc(N(CC(=O)N(Cc2ccc(Cl)c(Cl)c2)[C@@H](Cc2ccccc2)C(=O)NC(C)C)S(=O)(=O)c2ccc(Cl)cc2)cc1C. The van der Waals surface area contributed by atoms with Crippen LogP contribution < -0.4 is 9.62 Å². The summed E-state index contributed by atoms with van der Waals surface area (Å²) in [6.45, 7) is 6.86. The van der Waals surface area contributed by atoms with Gasteiger partial charge in [0.05, 0.1) is 20.6 Å². The molecule has 0 saturated heterocycles. The summed E-state index contributed by atoms with van der Waals surface area (Å²) in [6, 6.07) is 24.1. The smallest absolute Gasteiger partial charge is 0.264 e. The second-order valence-corrected chi connectivity index (χ2v) is 14.5. The number of nitrogens with zero attached hydrogens (tertiary/aromatic N) is 2. The molecule has 2 amide bonds. The van der Waals surface area contributed by atoms with E-state index in [1.807, 2.05) is 58.0 Å². The summed E-state index contributed by atoms with van der Waals surface area (Å²) >= 11 is 18.6. The van der Waals surface area contributed by atoms with Crippen LogP contribution in [0.1, 0.15) is 36.1 Å². The first-order valence-electron chi connectivity index (χ1n) is 14.7. The summed E-state index contributed by atoms with van der Waals surface area (Å²) in [5.41, 5.74) is 3.59. The highest BCUT2D eigenvalue weighted by molar-refractivity contribution is 7.92. The number of hydrogen-bond acceptors (Lipinski definition) is 4. The number of halogens is 3. The standard InChI is InChI=1S/C35H36Cl3N3O4S/c1-23(2)39-35(43)33(20-26-8-6-5-7-9-26)40(21-27-11-17-31(37)32(38)19-27)34(42)22-41(29-14-10-24(3)25(4)18-29)46(44,45)30-15-12-28(36)13-16-30/h5-19,23,33H,20-22H2,1-4H3,(H,39,43)/t33-/m0/s1. The summed E-state index contributed by atoms with van der Waals surface area (Å²) in [5, 5.41) is 3.95. The molecule has 0 aromatic heterocycles. The lowest BCUT2D eigenvalue weighted by Crippen LogP contribution is -2.54. The van der Waals surface area contributed by atoms with E-state index in [2.05, 4.69) is 5.32 Å². The number of rotatable bonds is 12. The molecule has 0 fully saturated rings. The summed E-state index contributed by atoms with van der Waals surface area (Å²) in [5.74, 6) is -0.952. The highest BCUT2D eigenvalue weighted by Crippen LogP contribution is 2.28. The molecule has 11 heteroatoms. The van der Waals surface area contributed by atoms with E-state index < -0.39 is 28.5 Å². The summed E-state index contributed by atoms with van der Waals surface area (Å²) in [6.07, 6.45) is 0.194. The average Bonchev–Trinajstić information content (AvgIpc) is 3.01. The van der Waals surface area contributed by atoms with Gasteiger partial charge in [-0.1, -0.05) is 77.3 Å². The van der Waals surface area contributed by atoms with Crippen molar-refractivity contribution in [3.8, 4) is 0 Å². The van der Waals surface area contributed by atoms with Crippen LogP contribution in [0.3, 0.4) is 0 Å². The van der Waals surface area contributed by atoms with Gasteiger partial charge in [-0.15, -0.1) is 0 Å². The zero-order valence-corrected chi connectivity index (χ0v) is 29.1. The lowest BCUT2D eigenvalue weighted by molar-refractivity contribution is -0.140. The van der Waals surface area contributed by atoms with Crippen LogP contribution in [-0.4, -0.2) is 43.8 Å². The monoisotopic (exact) mass is 699 g/mol. The number of anilines is 1. The van der Waals surface area contributed by atoms with Gasteiger partial charge >= 0.3 is 0 Å². The number of amides is 2. The molecular weight excluding hydrogens is 665 g/mol. The molecule has 1 N–H and O–H groups in total. The van der Waals surface area contributed by atoms with E-state index in [9.17, 15) is 18.0 Å². The highest BCUT2D eigenvalue weighted by Gasteiger charge is 2.35. The molecule has 4 aromatic rings. The number of sulfonamides is 1. The first-order valence-corrected chi connectivity index (χ1v) is 17.3. The largest absolute Gasteiger partial charge is 0.352 e. The van der Waals surface area contributed by atoms with Gasteiger partial charge < -0.3 is 10.2 Å². The fourth-order valence-electron chi connectivity index (χ4n) is 4.91. The number of carbonyl (C=O) groups is 2. The van der Waals surface area contributed by atoms with Gasteiger partial charge in [0.2, 0.25) is 11.8 Å². The quantitative estimate of drug-likeness (QED) is 0.165. The van der Waals surface area contributed by atoms with Crippen LogP contribution >= 0.6 is 34.8 Å². The molecule has 0 bridgehead atoms. The van der Waals surface area contributed by atoms with Gasteiger partial charge in [-0.05, 0) is 98.5 Å². The van der Waals surface area contributed by atoms with Crippen molar-refractivity contribution in [2.75, 3.05) is 10.8 Å². The lowest BCUT2D eigenvalue weighted by atomic mass is 10.0. The van der Waals surface area contributed by atoms with Gasteiger partial charge in [0.25, 0.3) is 10.0 Å². The maximum atomic E-state index is 14.5. The third kappa shape index (κ3) is 8.82. The molecule has 4 rings (SSSR count). The Morgan fingerprint density at radius 3 is 2.07 bits per heavy atom. The van der Waals surface area contributed by atoms with Crippen LogP contribution in [0.25, 0.3) is 0 Å². The van der Waals surface area contributed by atoms with Crippen molar-refractivity contribution >= 4 is 62.3 Å². The molecule has 0 unspecified atom stereocenters. The van der Waals surface area contributed by atoms with Crippen molar-refractivity contribution in [3.05, 3.63) is 128 Å². The maximum Gasteiger partial charge on any atom is 0.264 e. The Bertz CT molecular complexity index is 1800. The Kier molecular flexibility index (Phi) is 11.8. The van der Waals surface area contributed by atoms with Crippen LogP contribution in [0.2, 0.25) is 15.1 Å². The van der Waals surface area contributed by atoms with E-state index in [1.165, 1.54) is 29.2 Å². The number of nitrogens with one attached hydrogen (secondary N) is 1. The first-order chi connectivity index (χ1) is 21.8. The predicted molar refractivity (Wildman–Crippen MR) is 186 cm³/mol. The molecule has 1 atom stereocenters. The summed E-state index contributed by atoms with van der Waals surface area (Å²) in [7, 11) is -4.25. The zero-order chi connectivity index (χ0) is 33.6. The number of benzene rings is 4. The number of aryl methyl sites for hydroxylation is 2. The molecule has 0 aliphatic heterocycles. The average molecular weight is 701 g/mol. The lowest BCUT2D eigenvalue weighted by Gasteiger charge is -2.34. The molecular formula is C35H36Cl3N3O4S. The first kappa shape index (κ1) is 35.3. The fraction of sp³-hybridized carbons (Fsp3) is 0.257. The van der Waals surface area contributed by atoms with E-state index in [-0.39, 0.29) is 29.8 Å². The van der Waals surface area contributed by atoms with E-state index in [4.69, 9.17) is 34.8 Å². The molecule has 0 radical (unpaired) electrons. The topological polar surface area (TPSA) is 86.8 Å². The highest BCUT2D eigenvalue weighted by atomic mass is 35.5. The van der Waals surface area contributed by atoms with Gasteiger partial charge in [-0.25, -0.2) is 8.42 Å². The van der Waals surface area contributed by atoms with E-state index in [1.54, 1.807) is 36.4 Å². The molecule has 7 nitrogen and oxygen atoms in total. The Labute approximate surface area is 286 Å². The van der Waals surface area contributed by atoms with Crippen molar-refractivity contribution < 1.29 is 18.0 Å². The van der Waals surface area contributed by atoms with E-state index >= 15 is 0 Å². The Morgan fingerprint density at radius 1 is 0.783 bits per heavy atom. The van der Waals surface area contributed by atoms with Crippen molar-refractivity contribution in [2.24, 2.45) is 0 Å². The van der Waals surface area contributed by atoms with Crippen LogP contribution in [0.4, 0.5) is 5.69 Å². The maximum absolute atomic E-state index is 14.5. The Balaban J connectivity index is 1.84. The molecule has 46 heavy (non-hydrogen) atoms. The van der Waals surface area contributed by atoms with Gasteiger partial charge in [-0.2, -0.15) is 0 Å². The zero-order valence-electron chi connectivity index (χ0n) is 26.0. The predicted octanol–water partition coefficient (Wildman–Crippen LogP) is 7.62. The van der Waals surface area contributed by atoms with E-state index in [0.29, 0.717) is 26.3 Å². The third-order valence-electron chi connectivity index (χ3n) is 7.50. The van der Waals surface area contributed by atoms with E-state index in [0.717, 1.165) is 21.0 Å². The molecule has 4 aromatic carbocycles. The van der Waals surface area contributed by atoms with Gasteiger partial charge in [0.1, 0.15) is 12.6 Å². The molecule has 242 valence electrons. The molecule has 0 spiro atoms. The summed E-state index contributed by atoms with van der Waals surface area (Å²) in [4.78, 5) is 29.7. The fourth-order valence-corrected chi connectivity index (χ4v) is 6.77. The van der Waals surface area contributed by atoms with Crippen molar-refractivity contribution in [1.29, 1.82) is 0 Å². The molecule has 0 saturated carbocycles. The third-order valence-corrected chi connectivity index (χ3v) is 10.3. The van der Waals surface area contributed by atoms with Crippen molar-refractivity contribution in [3.63, 3.8) is 0 Å². The minimum atomic E-state index is -4.25. The van der Waals surface area contributed by atoms with Crippen LogP contribution in [0.15, 0.2) is 95.9 Å². The van der Waals surface area contributed by atoms with Crippen LogP contribution in [0.5, 0.6) is 0 Å². The van der Waals surface area contributed by atoms with Crippen molar-refractivity contribution in [2.45, 2.75) is 57.6 Å².